The highest BCUT2D eigenvalue weighted by Gasteiger charge is 2.36. The van der Waals surface area contributed by atoms with E-state index in [9.17, 15) is 9.90 Å². The third kappa shape index (κ3) is 4.07. The molecule has 0 unspecified atom stereocenters. The maximum atomic E-state index is 12.3. The van der Waals surface area contributed by atoms with Crippen molar-refractivity contribution in [2.24, 2.45) is 5.92 Å². The second kappa shape index (κ2) is 7.55. The fraction of sp³-hybridized carbons (Fsp3) is 0.688. The molecule has 2 N–H and O–H groups in total. The zero-order chi connectivity index (χ0) is 15.4. The first kappa shape index (κ1) is 15.9. The molecule has 2 heterocycles. The Morgan fingerprint density at radius 1 is 1.50 bits per heavy atom. The van der Waals surface area contributed by atoms with E-state index in [4.69, 9.17) is 4.84 Å². The van der Waals surface area contributed by atoms with Crippen LogP contribution in [0.5, 0.6) is 0 Å². The van der Waals surface area contributed by atoms with Crippen molar-refractivity contribution >= 4 is 17.2 Å². The minimum Gasteiger partial charge on any atom is -0.393 e. The molecule has 0 radical (unpaired) electrons. The molecule has 1 saturated heterocycles. The lowest BCUT2D eigenvalue weighted by Crippen LogP contribution is -2.42. The molecule has 0 aromatic carbocycles. The Morgan fingerprint density at radius 3 is 3.00 bits per heavy atom. The summed E-state index contributed by atoms with van der Waals surface area (Å²) in [5.41, 5.74) is 0. The van der Waals surface area contributed by atoms with Crippen LogP contribution in [-0.4, -0.2) is 41.9 Å². The molecule has 122 valence electrons. The Hall–Kier alpha value is -0.950. The van der Waals surface area contributed by atoms with Crippen molar-refractivity contribution in [1.29, 1.82) is 0 Å². The van der Waals surface area contributed by atoms with Crippen molar-refractivity contribution in [2.75, 3.05) is 19.7 Å². The number of carbonyl (C=O) groups excluding carboxylic acids is 1. The normalized spacial score (nSPS) is 27.1. The number of aliphatic hydroxyl groups is 1. The summed E-state index contributed by atoms with van der Waals surface area (Å²) in [6.45, 7) is 2.33. The molecule has 1 aliphatic carbocycles. The van der Waals surface area contributed by atoms with E-state index in [1.54, 1.807) is 11.3 Å². The van der Waals surface area contributed by atoms with Crippen molar-refractivity contribution in [3.63, 3.8) is 0 Å². The van der Waals surface area contributed by atoms with Gasteiger partial charge in [-0.05, 0) is 43.0 Å². The molecule has 22 heavy (non-hydrogen) atoms. The highest BCUT2D eigenvalue weighted by atomic mass is 32.1. The molecule has 1 saturated carbocycles. The van der Waals surface area contributed by atoms with E-state index in [1.807, 2.05) is 16.5 Å². The number of hydroxylamine groups is 2. The van der Waals surface area contributed by atoms with Gasteiger partial charge in [0.15, 0.2) is 0 Å². The first-order valence-corrected chi connectivity index (χ1v) is 8.99. The molecule has 2 fully saturated rings. The second-order valence-electron chi connectivity index (χ2n) is 6.17. The SMILES string of the molecule is O=C(CCN1CCCCO1)N[C@H](c1cccs1)C1CC(O)C1. The predicted octanol–water partition coefficient (Wildman–Crippen LogP) is 2.09. The molecule has 0 spiro atoms. The average molecular weight is 324 g/mol. The fourth-order valence-corrected chi connectivity index (χ4v) is 3.96. The third-order valence-corrected chi connectivity index (χ3v) is 5.41. The molecular formula is C16H24N2O3S. The highest BCUT2D eigenvalue weighted by Crippen LogP contribution is 2.39. The number of thiophene rings is 1. The maximum Gasteiger partial charge on any atom is 0.221 e. The van der Waals surface area contributed by atoms with Crippen LogP contribution in [-0.2, 0) is 9.63 Å². The van der Waals surface area contributed by atoms with Crippen LogP contribution in [0.25, 0.3) is 0 Å². The van der Waals surface area contributed by atoms with Crippen LogP contribution in [0.2, 0.25) is 0 Å². The van der Waals surface area contributed by atoms with Gasteiger partial charge in [0.25, 0.3) is 0 Å². The lowest BCUT2D eigenvalue weighted by molar-refractivity contribution is -0.181. The van der Waals surface area contributed by atoms with Gasteiger partial charge in [-0.15, -0.1) is 11.3 Å². The van der Waals surface area contributed by atoms with E-state index in [2.05, 4.69) is 11.4 Å². The Morgan fingerprint density at radius 2 is 2.36 bits per heavy atom. The molecule has 3 rings (SSSR count). The molecule has 1 aliphatic heterocycles. The molecule has 1 aromatic heterocycles. The van der Waals surface area contributed by atoms with E-state index in [-0.39, 0.29) is 18.1 Å². The van der Waals surface area contributed by atoms with Crippen LogP contribution in [0, 0.1) is 5.92 Å². The number of rotatable bonds is 6. The summed E-state index contributed by atoms with van der Waals surface area (Å²) < 4.78 is 0. The molecule has 2 aliphatic rings. The summed E-state index contributed by atoms with van der Waals surface area (Å²) in [5.74, 6) is 0.415. The summed E-state index contributed by atoms with van der Waals surface area (Å²) in [7, 11) is 0. The third-order valence-electron chi connectivity index (χ3n) is 4.45. The van der Waals surface area contributed by atoms with Gasteiger partial charge in [-0.1, -0.05) is 6.07 Å². The van der Waals surface area contributed by atoms with Crippen molar-refractivity contribution < 1.29 is 14.7 Å². The minimum atomic E-state index is -0.203. The number of hydrogen-bond donors (Lipinski definition) is 2. The van der Waals surface area contributed by atoms with Crippen LogP contribution in [0.4, 0.5) is 0 Å². The topological polar surface area (TPSA) is 61.8 Å². The summed E-state index contributed by atoms with van der Waals surface area (Å²) in [6, 6.07) is 4.11. The highest BCUT2D eigenvalue weighted by molar-refractivity contribution is 7.10. The van der Waals surface area contributed by atoms with Crippen LogP contribution in [0.1, 0.15) is 43.0 Å². The van der Waals surface area contributed by atoms with Gasteiger partial charge in [-0.3, -0.25) is 9.63 Å². The van der Waals surface area contributed by atoms with Gasteiger partial charge in [0.1, 0.15) is 0 Å². The van der Waals surface area contributed by atoms with Gasteiger partial charge < -0.3 is 10.4 Å². The number of hydrogen-bond acceptors (Lipinski definition) is 5. The predicted molar refractivity (Wildman–Crippen MR) is 85.3 cm³/mol. The van der Waals surface area contributed by atoms with Crippen LogP contribution in [0.3, 0.4) is 0 Å². The molecule has 1 atom stereocenters. The van der Waals surface area contributed by atoms with Gasteiger partial charge >= 0.3 is 0 Å². The van der Waals surface area contributed by atoms with Crippen LogP contribution in [0.15, 0.2) is 17.5 Å². The van der Waals surface area contributed by atoms with Gasteiger partial charge in [-0.25, -0.2) is 0 Å². The smallest absolute Gasteiger partial charge is 0.221 e. The van der Waals surface area contributed by atoms with E-state index < -0.39 is 0 Å². The average Bonchev–Trinajstić information content (AvgIpc) is 3.03. The standard InChI is InChI=1S/C16H24N2O3S/c19-13-10-12(11-13)16(14-4-3-9-22-14)17-15(20)5-7-18-6-1-2-8-21-18/h3-4,9,12-13,16,19H,1-2,5-8,10-11H2,(H,17,20)/t12?,13?,16-/m0/s1. The van der Waals surface area contributed by atoms with Crippen LogP contribution >= 0.6 is 11.3 Å². The van der Waals surface area contributed by atoms with Crippen molar-refractivity contribution in [1.82, 2.24) is 10.4 Å². The maximum absolute atomic E-state index is 12.3. The van der Waals surface area contributed by atoms with E-state index in [1.165, 1.54) is 4.88 Å². The monoisotopic (exact) mass is 324 g/mol. The summed E-state index contributed by atoms with van der Waals surface area (Å²) in [6.07, 6.45) is 4.05. The first-order valence-electron chi connectivity index (χ1n) is 8.11. The van der Waals surface area contributed by atoms with Gasteiger partial charge in [0, 0.05) is 24.4 Å². The second-order valence-corrected chi connectivity index (χ2v) is 7.14. The van der Waals surface area contributed by atoms with Crippen molar-refractivity contribution in [3.8, 4) is 0 Å². The van der Waals surface area contributed by atoms with Gasteiger partial charge in [0.05, 0.1) is 18.8 Å². The number of nitrogens with one attached hydrogen (secondary N) is 1. The Balaban J connectivity index is 1.50. The number of amides is 1. The van der Waals surface area contributed by atoms with Gasteiger partial charge in [0.2, 0.25) is 5.91 Å². The first-order chi connectivity index (χ1) is 10.7. The van der Waals surface area contributed by atoms with Crippen molar-refractivity contribution in [3.05, 3.63) is 22.4 Å². The molecule has 1 amide bonds. The molecule has 0 bridgehead atoms. The summed E-state index contributed by atoms with van der Waals surface area (Å²) in [4.78, 5) is 19.0. The number of aliphatic hydroxyl groups excluding tert-OH is 1. The van der Waals surface area contributed by atoms with Crippen molar-refractivity contribution in [2.45, 2.75) is 44.2 Å². The fourth-order valence-electron chi connectivity index (χ4n) is 3.09. The van der Waals surface area contributed by atoms with E-state index in [0.717, 1.165) is 38.8 Å². The lowest BCUT2D eigenvalue weighted by atomic mass is 9.76. The van der Waals surface area contributed by atoms with E-state index >= 15 is 0 Å². The summed E-state index contributed by atoms with van der Waals surface area (Å²) >= 11 is 1.67. The zero-order valence-corrected chi connectivity index (χ0v) is 13.6. The molecular weight excluding hydrogens is 300 g/mol. The van der Waals surface area contributed by atoms with Crippen LogP contribution < -0.4 is 5.32 Å². The molecule has 5 nitrogen and oxygen atoms in total. The lowest BCUT2D eigenvalue weighted by Gasteiger charge is -2.37. The molecule has 6 heteroatoms. The Labute approximate surface area is 135 Å². The zero-order valence-electron chi connectivity index (χ0n) is 12.7. The number of carbonyl (C=O) groups is 1. The quantitative estimate of drug-likeness (QED) is 0.841. The number of nitrogens with zero attached hydrogens (tertiary/aromatic N) is 1. The summed E-state index contributed by atoms with van der Waals surface area (Å²) in [5, 5.41) is 16.6. The minimum absolute atomic E-state index is 0.0400. The Kier molecular flexibility index (Phi) is 5.46. The largest absolute Gasteiger partial charge is 0.393 e. The Bertz CT molecular complexity index is 468. The van der Waals surface area contributed by atoms with E-state index in [0.29, 0.717) is 18.9 Å². The van der Waals surface area contributed by atoms with Gasteiger partial charge in [-0.2, -0.15) is 5.06 Å². The molecule has 1 aromatic rings.